The highest BCUT2D eigenvalue weighted by atomic mass is 16.5. The number of hydrogen-bond donors (Lipinski definition) is 0. The van der Waals surface area contributed by atoms with Gasteiger partial charge in [0.15, 0.2) is 5.78 Å². The lowest BCUT2D eigenvalue weighted by Crippen LogP contribution is -2.50. The third-order valence-corrected chi connectivity index (χ3v) is 6.72. The van der Waals surface area contributed by atoms with E-state index in [1.165, 1.54) is 19.3 Å². The van der Waals surface area contributed by atoms with Gasteiger partial charge in [-0.15, -0.1) is 0 Å². The smallest absolute Gasteiger partial charge is 0.347 e. The molecule has 0 aliphatic heterocycles. The SMILES string of the molecule is COc1cccc2oc(=O)c(C(=O)C34CC5CC(CC(C5)C3)C4)cc12. The standard InChI is InChI=1S/C21H22O4/c1-24-17-3-2-4-18-15(17)8-16(20(23)25-18)19(22)21-9-12-5-13(10-21)7-14(6-12)11-21/h2-4,8,12-14H,5-7,9-11H2,1H3. The summed E-state index contributed by atoms with van der Waals surface area (Å²) in [5, 5.41) is 0.692. The molecule has 0 radical (unpaired) electrons. The van der Waals surface area contributed by atoms with E-state index in [0.717, 1.165) is 19.3 Å². The van der Waals surface area contributed by atoms with Crippen molar-refractivity contribution >= 4 is 16.8 Å². The first-order valence-corrected chi connectivity index (χ1v) is 9.24. The molecule has 0 unspecified atom stereocenters. The molecule has 25 heavy (non-hydrogen) atoms. The minimum Gasteiger partial charge on any atom is -0.496 e. The van der Waals surface area contributed by atoms with Gasteiger partial charge in [-0.25, -0.2) is 4.79 Å². The number of Topliss-reactive ketones (excluding diaryl/α,β-unsaturated/α-hetero) is 1. The zero-order chi connectivity index (χ0) is 17.2. The Morgan fingerprint density at radius 3 is 2.36 bits per heavy atom. The molecule has 6 rings (SSSR count). The molecule has 4 heteroatoms. The summed E-state index contributed by atoms with van der Waals surface area (Å²) < 4.78 is 10.8. The highest BCUT2D eigenvalue weighted by Gasteiger charge is 2.55. The van der Waals surface area contributed by atoms with Crippen LogP contribution in [0.1, 0.15) is 48.9 Å². The Kier molecular flexibility index (Phi) is 3.16. The van der Waals surface area contributed by atoms with E-state index in [1.807, 2.05) is 6.07 Å². The Balaban J connectivity index is 1.62. The zero-order valence-electron chi connectivity index (χ0n) is 14.4. The minimum atomic E-state index is -0.513. The van der Waals surface area contributed by atoms with Crippen LogP contribution in [0.5, 0.6) is 5.75 Å². The number of ketones is 1. The van der Waals surface area contributed by atoms with Crippen LogP contribution in [0.25, 0.3) is 11.0 Å². The topological polar surface area (TPSA) is 56.5 Å². The molecule has 4 nitrogen and oxygen atoms in total. The highest BCUT2D eigenvalue weighted by molar-refractivity contribution is 6.03. The van der Waals surface area contributed by atoms with Crippen LogP contribution in [0.3, 0.4) is 0 Å². The van der Waals surface area contributed by atoms with Crippen molar-refractivity contribution in [2.75, 3.05) is 7.11 Å². The monoisotopic (exact) mass is 338 g/mol. The van der Waals surface area contributed by atoms with Gasteiger partial charge in [0.25, 0.3) is 0 Å². The lowest BCUT2D eigenvalue weighted by molar-refractivity contribution is -0.0354. The van der Waals surface area contributed by atoms with Crippen molar-refractivity contribution in [1.82, 2.24) is 0 Å². The van der Waals surface area contributed by atoms with Crippen molar-refractivity contribution in [3.05, 3.63) is 40.2 Å². The minimum absolute atomic E-state index is 0.00755. The van der Waals surface area contributed by atoms with E-state index >= 15 is 0 Å². The van der Waals surface area contributed by atoms with Crippen LogP contribution in [-0.4, -0.2) is 12.9 Å². The normalized spacial score (nSPS) is 32.9. The first-order valence-electron chi connectivity index (χ1n) is 9.24. The third kappa shape index (κ3) is 2.19. The van der Waals surface area contributed by atoms with E-state index in [0.29, 0.717) is 34.5 Å². The van der Waals surface area contributed by atoms with Gasteiger partial charge in [-0.1, -0.05) is 6.07 Å². The molecule has 4 aliphatic carbocycles. The number of fused-ring (bicyclic) bond motifs is 1. The summed E-state index contributed by atoms with van der Waals surface area (Å²) in [5.41, 5.74) is -0.175. The van der Waals surface area contributed by atoms with Crippen molar-refractivity contribution in [2.24, 2.45) is 23.2 Å². The molecular formula is C21H22O4. The molecule has 1 aromatic heterocycles. The summed E-state index contributed by atoms with van der Waals surface area (Å²) in [7, 11) is 1.58. The van der Waals surface area contributed by atoms with Gasteiger partial charge in [0.2, 0.25) is 0 Å². The van der Waals surface area contributed by atoms with E-state index in [4.69, 9.17) is 9.15 Å². The largest absolute Gasteiger partial charge is 0.496 e. The van der Waals surface area contributed by atoms with E-state index in [1.54, 1.807) is 25.3 Å². The number of methoxy groups -OCH3 is 1. The van der Waals surface area contributed by atoms with Crippen molar-refractivity contribution < 1.29 is 13.9 Å². The Bertz CT molecular complexity index is 888. The predicted molar refractivity (Wildman–Crippen MR) is 94.0 cm³/mol. The Hall–Kier alpha value is -2.10. The molecular weight excluding hydrogens is 316 g/mol. The van der Waals surface area contributed by atoms with Gasteiger partial charge in [0.05, 0.1) is 12.5 Å². The van der Waals surface area contributed by atoms with Gasteiger partial charge < -0.3 is 9.15 Å². The summed E-state index contributed by atoms with van der Waals surface area (Å²) in [6.45, 7) is 0. The Morgan fingerprint density at radius 1 is 1.12 bits per heavy atom. The summed E-state index contributed by atoms with van der Waals surface area (Å²) >= 11 is 0. The fourth-order valence-corrected chi connectivity index (χ4v) is 6.12. The average molecular weight is 338 g/mol. The van der Waals surface area contributed by atoms with E-state index in [-0.39, 0.29) is 16.8 Å². The molecule has 4 saturated carbocycles. The van der Waals surface area contributed by atoms with Gasteiger partial charge in [-0.3, -0.25) is 4.79 Å². The van der Waals surface area contributed by atoms with E-state index < -0.39 is 5.63 Å². The number of carbonyl (C=O) groups is 1. The number of rotatable bonds is 3. The summed E-state index contributed by atoms with van der Waals surface area (Å²) in [4.78, 5) is 26.0. The molecule has 0 amide bonds. The highest BCUT2D eigenvalue weighted by Crippen LogP contribution is 2.60. The average Bonchev–Trinajstić information content (AvgIpc) is 2.58. The Morgan fingerprint density at radius 2 is 1.76 bits per heavy atom. The van der Waals surface area contributed by atoms with E-state index in [2.05, 4.69) is 0 Å². The van der Waals surface area contributed by atoms with Crippen LogP contribution in [0.2, 0.25) is 0 Å². The quantitative estimate of drug-likeness (QED) is 0.622. The molecule has 4 aliphatic rings. The molecule has 0 atom stereocenters. The van der Waals surface area contributed by atoms with Gasteiger partial charge in [0.1, 0.15) is 16.9 Å². The second kappa shape index (κ2) is 5.20. The summed E-state index contributed by atoms with van der Waals surface area (Å²) in [5.74, 6) is 2.63. The summed E-state index contributed by atoms with van der Waals surface area (Å²) in [6.07, 6.45) is 6.65. The van der Waals surface area contributed by atoms with Crippen LogP contribution >= 0.6 is 0 Å². The molecule has 0 spiro atoms. The van der Waals surface area contributed by atoms with Gasteiger partial charge >= 0.3 is 5.63 Å². The fourth-order valence-electron chi connectivity index (χ4n) is 6.12. The summed E-state index contributed by atoms with van der Waals surface area (Å²) in [6, 6.07) is 7.03. The van der Waals surface area contributed by atoms with Gasteiger partial charge in [0, 0.05) is 5.41 Å². The molecule has 4 fully saturated rings. The second-order valence-electron chi connectivity index (χ2n) is 8.35. The molecule has 130 valence electrons. The Labute approximate surface area is 146 Å². The lowest BCUT2D eigenvalue weighted by Gasteiger charge is -2.55. The van der Waals surface area contributed by atoms with Crippen LogP contribution in [0.15, 0.2) is 33.5 Å². The maximum absolute atomic E-state index is 13.5. The number of ether oxygens (including phenoxy) is 1. The number of hydrogen-bond acceptors (Lipinski definition) is 4. The van der Waals surface area contributed by atoms with Gasteiger partial charge in [-0.2, -0.15) is 0 Å². The molecule has 2 aromatic rings. The van der Waals surface area contributed by atoms with Crippen LogP contribution in [-0.2, 0) is 0 Å². The molecule has 1 aromatic carbocycles. The van der Waals surface area contributed by atoms with Gasteiger partial charge in [-0.05, 0) is 74.5 Å². The fraction of sp³-hybridized carbons (Fsp3) is 0.524. The van der Waals surface area contributed by atoms with E-state index in [9.17, 15) is 9.59 Å². The maximum atomic E-state index is 13.5. The first kappa shape index (κ1) is 15.2. The zero-order valence-corrected chi connectivity index (χ0v) is 14.4. The molecule has 4 bridgehead atoms. The van der Waals surface area contributed by atoms with Crippen LogP contribution < -0.4 is 10.4 Å². The van der Waals surface area contributed by atoms with Crippen molar-refractivity contribution in [2.45, 2.75) is 38.5 Å². The number of carbonyl (C=O) groups excluding carboxylic acids is 1. The van der Waals surface area contributed by atoms with Crippen molar-refractivity contribution in [1.29, 1.82) is 0 Å². The van der Waals surface area contributed by atoms with Crippen LogP contribution in [0, 0.1) is 23.2 Å². The van der Waals surface area contributed by atoms with Crippen LogP contribution in [0.4, 0.5) is 0 Å². The predicted octanol–water partition coefficient (Wildman–Crippen LogP) is 4.20. The third-order valence-electron chi connectivity index (χ3n) is 6.72. The molecule has 0 saturated heterocycles. The first-order chi connectivity index (χ1) is 12.1. The van der Waals surface area contributed by atoms with Crippen molar-refractivity contribution in [3.8, 4) is 5.75 Å². The lowest BCUT2D eigenvalue weighted by atomic mass is 9.48. The molecule has 0 N–H and O–H groups in total. The maximum Gasteiger partial charge on any atom is 0.347 e. The number of benzene rings is 1. The van der Waals surface area contributed by atoms with Crippen molar-refractivity contribution in [3.63, 3.8) is 0 Å². The molecule has 1 heterocycles. The second-order valence-corrected chi connectivity index (χ2v) is 8.35.